The summed E-state index contributed by atoms with van der Waals surface area (Å²) in [5.74, 6) is 0. The minimum Gasteiger partial charge on any atom is -0.396 e. The van der Waals surface area contributed by atoms with Crippen molar-refractivity contribution in [2.24, 2.45) is 0 Å². The number of nitrogen functional groups attached to an aromatic ring is 1. The van der Waals surface area contributed by atoms with E-state index < -0.39 is 0 Å². The monoisotopic (exact) mass is 244 g/mol. The van der Waals surface area contributed by atoms with Gasteiger partial charge in [-0.1, -0.05) is 19.9 Å². The number of pyridine rings is 1. The molecule has 4 heteroatoms. The highest BCUT2D eigenvalue weighted by atomic mass is 15.3. The van der Waals surface area contributed by atoms with Crippen LogP contribution in [0.1, 0.15) is 30.8 Å². The number of rotatable bonds is 5. The van der Waals surface area contributed by atoms with Crippen LogP contribution >= 0.6 is 0 Å². The molecule has 0 amide bonds. The van der Waals surface area contributed by atoms with Gasteiger partial charge >= 0.3 is 0 Å². The summed E-state index contributed by atoms with van der Waals surface area (Å²) in [6.45, 7) is 5.07. The van der Waals surface area contributed by atoms with Crippen molar-refractivity contribution in [1.82, 2.24) is 14.8 Å². The molecule has 0 fully saturated rings. The zero-order valence-electron chi connectivity index (χ0n) is 11.1. The zero-order valence-corrected chi connectivity index (χ0v) is 11.1. The first kappa shape index (κ1) is 12.6. The zero-order chi connectivity index (χ0) is 13.0. The van der Waals surface area contributed by atoms with Crippen LogP contribution in [0.5, 0.6) is 0 Å². The Morgan fingerprint density at radius 2 is 2.11 bits per heavy atom. The highest BCUT2D eigenvalue weighted by Gasteiger charge is 2.12. The van der Waals surface area contributed by atoms with Crippen molar-refractivity contribution in [3.05, 3.63) is 41.5 Å². The molecule has 0 bridgehead atoms. The topological polar surface area (TPSA) is 56.7 Å². The van der Waals surface area contributed by atoms with E-state index in [2.05, 4.69) is 30.0 Å². The van der Waals surface area contributed by atoms with Crippen LogP contribution in [0.3, 0.4) is 0 Å². The second-order valence-corrected chi connectivity index (χ2v) is 4.35. The summed E-state index contributed by atoms with van der Waals surface area (Å²) in [6, 6.07) is 4.05. The van der Waals surface area contributed by atoms with Crippen LogP contribution in [0.15, 0.2) is 24.5 Å². The van der Waals surface area contributed by atoms with Crippen molar-refractivity contribution in [2.45, 2.75) is 39.7 Å². The molecule has 0 saturated carbocycles. The van der Waals surface area contributed by atoms with Gasteiger partial charge in [0, 0.05) is 18.9 Å². The van der Waals surface area contributed by atoms with Crippen LogP contribution in [0.25, 0.3) is 0 Å². The maximum absolute atomic E-state index is 6.10. The van der Waals surface area contributed by atoms with Gasteiger partial charge in [-0.25, -0.2) is 0 Å². The van der Waals surface area contributed by atoms with Crippen LogP contribution in [0.2, 0.25) is 0 Å². The summed E-state index contributed by atoms with van der Waals surface area (Å²) in [6.07, 6.45) is 6.44. The van der Waals surface area contributed by atoms with E-state index in [1.807, 2.05) is 16.9 Å². The van der Waals surface area contributed by atoms with Gasteiger partial charge in [0.2, 0.25) is 0 Å². The summed E-state index contributed by atoms with van der Waals surface area (Å²) < 4.78 is 2.04. The van der Waals surface area contributed by atoms with E-state index in [4.69, 9.17) is 5.73 Å². The number of hydrogen-bond acceptors (Lipinski definition) is 3. The number of hydrogen-bond donors (Lipinski definition) is 1. The largest absolute Gasteiger partial charge is 0.396 e. The van der Waals surface area contributed by atoms with E-state index in [-0.39, 0.29) is 0 Å². The molecule has 0 aliphatic rings. The van der Waals surface area contributed by atoms with Gasteiger partial charge in [-0.05, 0) is 30.9 Å². The number of nitrogens with zero attached hydrogens (tertiary/aromatic N) is 3. The summed E-state index contributed by atoms with van der Waals surface area (Å²) in [4.78, 5) is 4.12. The maximum Gasteiger partial charge on any atom is 0.0854 e. The first-order chi connectivity index (χ1) is 8.76. The lowest BCUT2D eigenvalue weighted by Gasteiger charge is -2.06. The number of anilines is 1. The lowest BCUT2D eigenvalue weighted by Crippen LogP contribution is -2.08. The van der Waals surface area contributed by atoms with Crippen molar-refractivity contribution in [3.63, 3.8) is 0 Å². The number of aromatic nitrogens is 3. The normalized spacial score (nSPS) is 10.8. The third-order valence-electron chi connectivity index (χ3n) is 3.18. The van der Waals surface area contributed by atoms with Crippen molar-refractivity contribution in [1.29, 1.82) is 0 Å². The van der Waals surface area contributed by atoms with Gasteiger partial charge < -0.3 is 5.73 Å². The van der Waals surface area contributed by atoms with Gasteiger partial charge in [0.15, 0.2) is 0 Å². The number of nitrogens with two attached hydrogens (primary N) is 1. The molecule has 0 unspecified atom stereocenters. The molecule has 0 atom stereocenters. The number of aryl methyl sites for hydroxylation is 3. The fraction of sp³-hybridized carbons (Fsp3) is 0.429. The predicted molar refractivity (Wildman–Crippen MR) is 73.3 cm³/mol. The summed E-state index contributed by atoms with van der Waals surface area (Å²) in [7, 11) is 0. The van der Waals surface area contributed by atoms with E-state index >= 15 is 0 Å². The second kappa shape index (κ2) is 5.67. The Kier molecular flexibility index (Phi) is 3.97. The Labute approximate surface area is 108 Å². The molecule has 2 N–H and O–H groups in total. The van der Waals surface area contributed by atoms with Crippen LogP contribution in [0.4, 0.5) is 5.69 Å². The smallest absolute Gasteiger partial charge is 0.0854 e. The first-order valence-corrected chi connectivity index (χ1v) is 6.49. The summed E-state index contributed by atoms with van der Waals surface area (Å²) in [5.41, 5.74) is 10.4. The van der Waals surface area contributed by atoms with E-state index in [1.165, 1.54) is 5.56 Å². The predicted octanol–water partition coefficient (Wildman–Crippen LogP) is 2.23. The third-order valence-corrected chi connectivity index (χ3v) is 3.18. The van der Waals surface area contributed by atoms with E-state index in [9.17, 15) is 0 Å². The average molecular weight is 244 g/mol. The van der Waals surface area contributed by atoms with Crippen molar-refractivity contribution in [2.75, 3.05) is 5.73 Å². The first-order valence-electron chi connectivity index (χ1n) is 6.49. The maximum atomic E-state index is 6.10. The summed E-state index contributed by atoms with van der Waals surface area (Å²) >= 11 is 0. The molecule has 2 aromatic heterocycles. The van der Waals surface area contributed by atoms with Gasteiger partial charge in [0.05, 0.1) is 17.1 Å². The van der Waals surface area contributed by atoms with Gasteiger partial charge in [-0.3, -0.25) is 9.67 Å². The van der Waals surface area contributed by atoms with E-state index in [0.717, 1.165) is 42.9 Å². The van der Waals surface area contributed by atoms with Crippen molar-refractivity contribution < 1.29 is 0 Å². The van der Waals surface area contributed by atoms with Crippen molar-refractivity contribution in [3.8, 4) is 0 Å². The Hall–Kier alpha value is -1.84. The lowest BCUT2D eigenvalue weighted by molar-refractivity contribution is 0.581. The van der Waals surface area contributed by atoms with Crippen LogP contribution < -0.4 is 5.73 Å². The van der Waals surface area contributed by atoms with Gasteiger partial charge in [0.1, 0.15) is 0 Å². The molecule has 0 aliphatic carbocycles. The minimum atomic E-state index is 0.860. The van der Waals surface area contributed by atoms with Crippen LogP contribution in [-0.2, 0) is 25.8 Å². The molecule has 0 spiro atoms. The molecule has 2 aromatic rings. The van der Waals surface area contributed by atoms with E-state index in [0.29, 0.717) is 0 Å². The summed E-state index contributed by atoms with van der Waals surface area (Å²) in [5, 5.41) is 4.59. The Morgan fingerprint density at radius 1 is 1.28 bits per heavy atom. The highest BCUT2D eigenvalue weighted by Crippen LogP contribution is 2.18. The fourth-order valence-corrected chi connectivity index (χ4v) is 2.17. The van der Waals surface area contributed by atoms with Crippen molar-refractivity contribution >= 4 is 5.69 Å². The van der Waals surface area contributed by atoms with Gasteiger partial charge in [-0.2, -0.15) is 5.10 Å². The fourth-order valence-electron chi connectivity index (χ4n) is 2.17. The Balaban J connectivity index is 2.14. The molecule has 0 saturated heterocycles. The molecule has 18 heavy (non-hydrogen) atoms. The Bertz CT molecular complexity index is 502. The van der Waals surface area contributed by atoms with Gasteiger partial charge in [0.25, 0.3) is 0 Å². The molecular weight excluding hydrogens is 224 g/mol. The average Bonchev–Trinajstić information content (AvgIpc) is 2.73. The standard InChI is InChI=1S/C14H20N4/c1-3-12-14(15)13(4-2)18(17-12)9-7-11-6-5-8-16-10-11/h5-6,8,10H,3-4,7,9,15H2,1-2H3. The lowest BCUT2D eigenvalue weighted by atomic mass is 10.2. The molecule has 96 valence electrons. The molecule has 2 heterocycles. The quantitative estimate of drug-likeness (QED) is 0.877. The van der Waals surface area contributed by atoms with E-state index in [1.54, 1.807) is 6.20 Å². The Morgan fingerprint density at radius 3 is 2.72 bits per heavy atom. The van der Waals surface area contributed by atoms with Crippen LogP contribution in [-0.4, -0.2) is 14.8 Å². The molecule has 0 aromatic carbocycles. The molecule has 2 rings (SSSR count). The second-order valence-electron chi connectivity index (χ2n) is 4.35. The van der Waals surface area contributed by atoms with Crippen LogP contribution in [0, 0.1) is 0 Å². The molecule has 0 radical (unpaired) electrons. The highest BCUT2D eigenvalue weighted by molar-refractivity contribution is 5.48. The third kappa shape index (κ3) is 2.53. The SMILES string of the molecule is CCc1nn(CCc2cccnc2)c(CC)c1N. The van der Waals surface area contributed by atoms with Gasteiger partial charge in [-0.15, -0.1) is 0 Å². The molecule has 4 nitrogen and oxygen atoms in total. The minimum absolute atomic E-state index is 0.860. The molecular formula is C14H20N4. The molecule has 0 aliphatic heterocycles.